The fourth-order valence-electron chi connectivity index (χ4n) is 1.64. The van der Waals surface area contributed by atoms with E-state index in [2.05, 4.69) is 10.1 Å². The van der Waals surface area contributed by atoms with Crippen LogP contribution in [0.25, 0.3) is 0 Å². The molecule has 0 saturated carbocycles. The molecule has 0 spiro atoms. The minimum Gasteiger partial charge on any atom is -0.493 e. The third-order valence-electron chi connectivity index (χ3n) is 2.63. The Morgan fingerprint density at radius 2 is 2.15 bits per heavy atom. The highest BCUT2D eigenvalue weighted by molar-refractivity contribution is 7.84. The van der Waals surface area contributed by atoms with Crippen molar-refractivity contribution in [2.45, 2.75) is 20.1 Å². The first-order valence-electron chi connectivity index (χ1n) is 6.24. The van der Waals surface area contributed by atoms with Crippen molar-refractivity contribution in [3.63, 3.8) is 0 Å². The van der Waals surface area contributed by atoms with Gasteiger partial charge >= 0.3 is 6.61 Å². The van der Waals surface area contributed by atoms with E-state index < -0.39 is 17.4 Å². The molecule has 0 amide bonds. The minimum absolute atomic E-state index is 0.0362. The molecule has 1 atom stereocenters. The molecule has 1 rings (SSSR count). The number of hydrogen-bond donors (Lipinski definition) is 1. The predicted molar refractivity (Wildman–Crippen MR) is 74.9 cm³/mol. The molecule has 0 aliphatic carbocycles. The lowest BCUT2D eigenvalue weighted by Crippen LogP contribution is -2.21. The van der Waals surface area contributed by atoms with Gasteiger partial charge in [-0.1, -0.05) is 19.1 Å². The summed E-state index contributed by atoms with van der Waals surface area (Å²) in [5.41, 5.74) is 0.576. The van der Waals surface area contributed by atoms with Gasteiger partial charge in [0.05, 0.1) is 7.11 Å². The van der Waals surface area contributed by atoms with Crippen LogP contribution in [0, 0.1) is 0 Å². The van der Waals surface area contributed by atoms with E-state index in [4.69, 9.17) is 4.74 Å². The summed E-state index contributed by atoms with van der Waals surface area (Å²) in [7, 11) is 0.554. The zero-order valence-electron chi connectivity index (χ0n) is 11.5. The second-order valence-electron chi connectivity index (χ2n) is 3.94. The lowest BCUT2D eigenvalue weighted by atomic mass is 10.2. The number of rotatable bonds is 9. The van der Waals surface area contributed by atoms with Gasteiger partial charge in [-0.05, 0) is 6.07 Å². The molecular weight excluding hydrogens is 288 g/mol. The van der Waals surface area contributed by atoms with Crippen molar-refractivity contribution < 1.29 is 22.5 Å². The number of alkyl halides is 2. The molecule has 4 nitrogen and oxygen atoms in total. The van der Waals surface area contributed by atoms with Crippen molar-refractivity contribution in [2.24, 2.45) is 0 Å². The smallest absolute Gasteiger partial charge is 0.387 e. The summed E-state index contributed by atoms with van der Waals surface area (Å²) in [6, 6.07) is 4.95. The number of halogens is 2. The molecule has 0 aliphatic heterocycles. The van der Waals surface area contributed by atoms with Crippen LogP contribution in [0.5, 0.6) is 11.5 Å². The molecule has 0 fully saturated rings. The molecule has 1 N–H and O–H groups in total. The van der Waals surface area contributed by atoms with Crippen LogP contribution >= 0.6 is 0 Å². The topological polar surface area (TPSA) is 47.6 Å². The highest BCUT2D eigenvalue weighted by atomic mass is 32.2. The second kappa shape index (κ2) is 8.86. The van der Waals surface area contributed by atoms with E-state index in [9.17, 15) is 13.0 Å². The quantitative estimate of drug-likeness (QED) is 0.710. The Balaban J connectivity index is 2.66. The van der Waals surface area contributed by atoms with Gasteiger partial charge in [-0.15, -0.1) is 0 Å². The summed E-state index contributed by atoms with van der Waals surface area (Å²) in [4.78, 5) is 0. The molecule has 1 aromatic rings. The maximum Gasteiger partial charge on any atom is 0.387 e. The van der Waals surface area contributed by atoms with Crippen LogP contribution in [-0.4, -0.2) is 36.0 Å². The Bertz CT molecular complexity index is 444. The molecule has 0 radical (unpaired) electrons. The Hall–Kier alpha value is -1.21. The molecule has 7 heteroatoms. The molecule has 0 saturated heterocycles. The van der Waals surface area contributed by atoms with Crippen molar-refractivity contribution in [3.8, 4) is 11.5 Å². The van der Waals surface area contributed by atoms with E-state index in [-0.39, 0.29) is 11.5 Å². The third-order valence-corrected chi connectivity index (χ3v) is 3.93. The van der Waals surface area contributed by atoms with Crippen molar-refractivity contribution in [1.29, 1.82) is 0 Å². The maximum atomic E-state index is 12.4. The first kappa shape index (κ1) is 16.8. The fourth-order valence-corrected chi connectivity index (χ4v) is 2.30. The van der Waals surface area contributed by atoms with Crippen molar-refractivity contribution in [1.82, 2.24) is 5.32 Å². The SMILES string of the molecule is CCS(=O)CCNCc1cccc(OC)c1OC(F)F. The summed E-state index contributed by atoms with van der Waals surface area (Å²) in [6.07, 6.45) is 0. The van der Waals surface area contributed by atoms with Gasteiger partial charge in [0.1, 0.15) is 0 Å². The van der Waals surface area contributed by atoms with Gasteiger partial charge in [0.25, 0.3) is 0 Å². The molecular formula is C13H19F2NO3S. The minimum atomic E-state index is -2.90. The second-order valence-corrected chi connectivity index (χ2v) is 5.80. The molecule has 1 unspecified atom stereocenters. The average Bonchev–Trinajstić information content (AvgIpc) is 2.43. The van der Waals surface area contributed by atoms with E-state index in [1.165, 1.54) is 7.11 Å². The highest BCUT2D eigenvalue weighted by Gasteiger charge is 2.14. The molecule has 0 aromatic heterocycles. The first-order chi connectivity index (χ1) is 9.58. The summed E-state index contributed by atoms with van der Waals surface area (Å²) < 4.78 is 45.6. The summed E-state index contributed by atoms with van der Waals surface area (Å²) in [5, 5.41) is 3.06. The van der Waals surface area contributed by atoms with E-state index in [0.29, 0.717) is 30.2 Å². The number of nitrogens with one attached hydrogen (secondary N) is 1. The van der Waals surface area contributed by atoms with E-state index in [0.717, 1.165) is 0 Å². The van der Waals surface area contributed by atoms with Gasteiger partial charge in [-0.25, -0.2) is 0 Å². The lowest BCUT2D eigenvalue weighted by molar-refractivity contribution is -0.0518. The molecule has 20 heavy (non-hydrogen) atoms. The lowest BCUT2D eigenvalue weighted by Gasteiger charge is -2.14. The van der Waals surface area contributed by atoms with Crippen molar-refractivity contribution >= 4 is 10.8 Å². The monoisotopic (exact) mass is 307 g/mol. The van der Waals surface area contributed by atoms with Gasteiger partial charge in [-0.2, -0.15) is 8.78 Å². The van der Waals surface area contributed by atoms with Crippen molar-refractivity contribution in [3.05, 3.63) is 23.8 Å². The maximum absolute atomic E-state index is 12.4. The molecule has 1 aromatic carbocycles. The highest BCUT2D eigenvalue weighted by Crippen LogP contribution is 2.32. The predicted octanol–water partition coefficient (Wildman–Crippen LogP) is 2.15. The van der Waals surface area contributed by atoms with Gasteiger partial charge in [0.2, 0.25) is 0 Å². The van der Waals surface area contributed by atoms with Gasteiger partial charge in [0.15, 0.2) is 11.5 Å². The van der Waals surface area contributed by atoms with Crippen LogP contribution in [0.2, 0.25) is 0 Å². The number of hydrogen-bond acceptors (Lipinski definition) is 4. The number of benzene rings is 1. The Morgan fingerprint density at radius 3 is 2.75 bits per heavy atom. The number of para-hydroxylation sites is 1. The third kappa shape index (κ3) is 5.42. The fraction of sp³-hybridized carbons (Fsp3) is 0.538. The van der Waals surface area contributed by atoms with Crippen LogP contribution in [-0.2, 0) is 17.3 Å². The van der Waals surface area contributed by atoms with Crippen LogP contribution in [0.4, 0.5) is 8.78 Å². The molecule has 0 bridgehead atoms. The van der Waals surface area contributed by atoms with Gasteiger partial charge in [-0.3, -0.25) is 4.21 Å². The van der Waals surface area contributed by atoms with Crippen LogP contribution in [0.15, 0.2) is 18.2 Å². The zero-order valence-corrected chi connectivity index (χ0v) is 12.3. The molecule has 114 valence electrons. The summed E-state index contributed by atoms with van der Waals surface area (Å²) in [6.45, 7) is -0.156. The van der Waals surface area contributed by atoms with E-state index in [1.807, 2.05) is 6.92 Å². The summed E-state index contributed by atoms with van der Waals surface area (Å²) in [5.74, 6) is 1.45. The number of methoxy groups -OCH3 is 1. The van der Waals surface area contributed by atoms with Crippen LogP contribution < -0.4 is 14.8 Å². The molecule has 0 aliphatic rings. The van der Waals surface area contributed by atoms with Crippen molar-refractivity contribution in [2.75, 3.05) is 25.2 Å². The van der Waals surface area contributed by atoms with E-state index >= 15 is 0 Å². The first-order valence-corrected chi connectivity index (χ1v) is 7.73. The van der Waals surface area contributed by atoms with Crippen LogP contribution in [0.1, 0.15) is 12.5 Å². The van der Waals surface area contributed by atoms with Crippen LogP contribution in [0.3, 0.4) is 0 Å². The average molecular weight is 307 g/mol. The standard InChI is InChI=1S/C13H19F2NO3S/c1-3-20(17)8-7-16-9-10-5-4-6-11(18-2)12(10)19-13(14)15/h4-6,13,16H,3,7-9H2,1-2H3. The Morgan fingerprint density at radius 1 is 1.40 bits per heavy atom. The van der Waals surface area contributed by atoms with E-state index in [1.54, 1.807) is 18.2 Å². The number of ether oxygens (including phenoxy) is 2. The molecule has 0 heterocycles. The van der Waals surface area contributed by atoms with Gasteiger partial charge in [0, 0.05) is 41.0 Å². The Labute approximate surface area is 119 Å². The largest absolute Gasteiger partial charge is 0.493 e. The normalized spacial score (nSPS) is 12.4. The van der Waals surface area contributed by atoms with Gasteiger partial charge < -0.3 is 14.8 Å². The summed E-state index contributed by atoms with van der Waals surface area (Å²) >= 11 is 0. The Kier molecular flexibility index (Phi) is 7.46. The zero-order chi connectivity index (χ0) is 15.0.